The van der Waals surface area contributed by atoms with Gasteiger partial charge in [0.1, 0.15) is 5.82 Å². The second-order valence-corrected chi connectivity index (χ2v) is 4.67. The average molecular weight is 239 g/mol. The molecule has 3 nitrogen and oxygen atoms in total. The predicted octanol–water partition coefficient (Wildman–Crippen LogP) is 2.10. The van der Waals surface area contributed by atoms with Gasteiger partial charge in [0.2, 0.25) is 0 Å². The van der Waals surface area contributed by atoms with Crippen molar-refractivity contribution in [3.63, 3.8) is 0 Å². The Kier molecular flexibility index (Phi) is 2.99. The molecular formula is C15H17N3. The average Bonchev–Trinajstić information content (AvgIpc) is 2.47. The fraction of sp³-hybridized carbons (Fsp3) is 0.267. The zero-order valence-corrected chi connectivity index (χ0v) is 10.3. The number of rotatable bonds is 2. The van der Waals surface area contributed by atoms with Gasteiger partial charge in [-0.15, -0.1) is 0 Å². The van der Waals surface area contributed by atoms with E-state index in [0.29, 0.717) is 6.54 Å². The summed E-state index contributed by atoms with van der Waals surface area (Å²) in [6.07, 6.45) is 2.93. The molecule has 2 N–H and O–H groups in total. The van der Waals surface area contributed by atoms with Gasteiger partial charge in [-0.25, -0.2) is 4.98 Å². The highest BCUT2D eigenvalue weighted by Gasteiger charge is 2.16. The van der Waals surface area contributed by atoms with Gasteiger partial charge in [0.15, 0.2) is 0 Å². The van der Waals surface area contributed by atoms with Crippen LogP contribution in [0.15, 0.2) is 42.6 Å². The van der Waals surface area contributed by atoms with Crippen LogP contribution in [0.3, 0.4) is 0 Å². The molecule has 1 aromatic heterocycles. The summed E-state index contributed by atoms with van der Waals surface area (Å²) in [4.78, 5) is 6.78. The molecule has 0 saturated carbocycles. The minimum atomic E-state index is 0.569. The first-order chi connectivity index (χ1) is 8.86. The minimum Gasteiger partial charge on any atom is -0.352 e. The first kappa shape index (κ1) is 11.2. The zero-order valence-electron chi connectivity index (χ0n) is 10.3. The molecule has 0 atom stereocenters. The predicted molar refractivity (Wildman–Crippen MR) is 73.3 cm³/mol. The Labute approximate surface area is 107 Å². The van der Waals surface area contributed by atoms with Crippen LogP contribution >= 0.6 is 0 Å². The zero-order chi connectivity index (χ0) is 12.4. The van der Waals surface area contributed by atoms with Gasteiger partial charge in [-0.3, -0.25) is 0 Å². The second kappa shape index (κ2) is 4.78. The molecule has 3 rings (SSSR count). The summed E-state index contributed by atoms with van der Waals surface area (Å²) in [6.45, 7) is 2.54. The molecule has 2 heterocycles. The highest BCUT2D eigenvalue weighted by molar-refractivity contribution is 5.45. The third kappa shape index (κ3) is 2.09. The van der Waals surface area contributed by atoms with Crippen molar-refractivity contribution in [1.29, 1.82) is 0 Å². The quantitative estimate of drug-likeness (QED) is 0.872. The summed E-state index contributed by atoms with van der Waals surface area (Å²) >= 11 is 0. The van der Waals surface area contributed by atoms with Crippen molar-refractivity contribution in [2.75, 3.05) is 11.4 Å². The molecule has 0 bridgehead atoms. The van der Waals surface area contributed by atoms with E-state index in [1.165, 1.54) is 11.1 Å². The molecule has 0 unspecified atom stereocenters. The molecule has 0 aliphatic carbocycles. The molecule has 0 saturated heterocycles. The lowest BCUT2D eigenvalue weighted by Gasteiger charge is -2.30. The summed E-state index contributed by atoms with van der Waals surface area (Å²) in [5, 5.41) is 0. The molecule has 1 aliphatic rings. The third-order valence-electron chi connectivity index (χ3n) is 3.50. The highest BCUT2D eigenvalue weighted by Crippen LogP contribution is 2.23. The molecule has 18 heavy (non-hydrogen) atoms. The molecule has 0 fully saturated rings. The standard InChI is InChI=1S/C15H17N3/c16-10-12-5-7-17-15(9-12)18-8-6-13-3-1-2-4-14(13)11-18/h1-5,7,9H,6,8,10-11,16H2. The molecular weight excluding hydrogens is 222 g/mol. The number of nitrogens with two attached hydrogens (primary N) is 1. The van der Waals surface area contributed by atoms with Crippen LogP contribution in [0.2, 0.25) is 0 Å². The molecule has 1 aromatic carbocycles. The summed E-state index contributed by atoms with van der Waals surface area (Å²) in [6, 6.07) is 12.7. The molecule has 1 aliphatic heterocycles. The second-order valence-electron chi connectivity index (χ2n) is 4.67. The van der Waals surface area contributed by atoms with Gasteiger partial charge in [0.25, 0.3) is 0 Å². The van der Waals surface area contributed by atoms with Gasteiger partial charge in [-0.05, 0) is 35.2 Å². The molecule has 0 amide bonds. The van der Waals surface area contributed by atoms with Gasteiger partial charge in [-0.1, -0.05) is 24.3 Å². The first-order valence-corrected chi connectivity index (χ1v) is 6.33. The number of anilines is 1. The number of nitrogens with zero attached hydrogens (tertiary/aromatic N) is 2. The van der Waals surface area contributed by atoms with E-state index in [4.69, 9.17) is 5.73 Å². The molecule has 2 aromatic rings. The molecule has 92 valence electrons. The largest absolute Gasteiger partial charge is 0.352 e. The Morgan fingerprint density at radius 3 is 2.83 bits per heavy atom. The lowest BCUT2D eigenvalue weighted by atomic mass is 10.00. The Hall–Kier alpha value is -1.87. The third-order valence-corrected chi connectivity index (χ3v) is 3.50. The fourth-order valence-electron chi connectivity index (χ4n) is 2.45. The topological polar surface area (TPSA) is 42.1 Å². The van der Waals surface area contributed by atoms with E-state index in [-0.39, 0.29) is 0 Å². The molecule has 3 heteroatoms. The van der Waals surface area contributed by atoms with Crippen molar-refractivity contribution < 1.29 is 0 Å². The molecule has 0 radical (unpaired) electrons. The number of hydrogen-bond acceptors (Lipinski definition) is 3. The Bertz CT molecular complexity index is 551. The lowest BCUT2D eigenvalue weighted by Crippen LogP contribution is -2.31. The van der Waals surface area contributed by atoms with Crippen LogP contribution in [0.25, 0.3) is 0 Å². The first-order valence-electron chi connectivity index (χ1n) is 6.33. The minimum absolute atomic E-state index is 0.569. The van der Waals surface area contributed by atoms with E-state index in [9.17, 15) is 0 Å². The van der Waals surface area contributed by atoms with Gasteiger partial charge < -0.3 is 10.6 Å². The summed E-state index contributed by atoms with van der Waals surface area (Å²) in [5.41, 5.74) is 9.68. The lowest BCUT2D eigenvalue weighted by molar-refractivity contribution is 0.720. The maximum atomic E-state index is 5.68. The number of fused-ring (bicyclic) bond motifs is 1. The van der Waals surface area contributed by atoms with Crippen molar-refractivity contribution in [1.82, 2.24) is 4.98 Å². The van der Waals surface area contributed by atoms with Crippen molar-refractivity contribution in [2.24, 2.45) is 5.73 Å². The van der Waals surface area contributed by atoms with Crippen LogP contribution in [0.1, 0.15) is 16.7 Å². The van der Waals surface area contributed by atoms with Gasteiger partial charge in [-0.2, -0.15) is 0 Å². The van der Waals surface area contributed by atoms with Crippen molar-refractivity contribution in [2.45, 2.75) is 19.5 Å². The maximum Gasteiger partial charge on any atom is 0.129 e. The van der Waals surface area contributed by atoms with Crippen LogP contribution in [0, 0.1) is 0 Å². The van der Waals surface area contributed by atoms with Gasteiger partial charge >= 0.3 is 0 Å². The van der Waals surface area contributed by atoms with Gasteiger partial charge in [0, 0.05) is 25.8 Å². The Balaban J connectivity index is 1.87. The van der Waals surface area contributed by atoms with E-state index in [2.05, 4.69) is 40.2 Å². The summed E-state index contributed by atoms with van der Waals surface area (Å²) < 4.78 is 0. The van der Waals surface area contributed by atoms with Crippen LogP contribution < -0.4 is 10.6 Å². The van der Waals surface area contributed by atoms with Crippen LogP contribution in [0.4, 0.5) is 5.82 Å². The Morgan fingerprint density at radius 1 is 1.17 bits per heavy atom. The monoisotopic (exact) mass is 239 g/mol. The van der Waals surface area contributed by atoms with Crippen molar-refractivity contribution >= 4 is 5.82 Å². The van der Waals surface area contributed by atoms with Crippen LogP contribution in [-0.4, -0.2) is 11.5 Å². The number of aromatic nitrogens is 1. The van der Waals surface area contributed by atoms with E-state index >= 15 is 0 Å². The van der Waals surface area contributed by atoms with Gasteiger partial charge in [0.05, 0.1) is 0 Å². The van der Waals surface area contributed by atoms with E-state index in [1.807, 2.05) is 12.3 Å². The van der Waals surface area contributed by atoms with E-state index in [0.717, 1.165) is 30.9 Å². The number of pyridine rings is 1. The highest BCUT2D eigenvalue weighted by atomic mass is 15.2. The van der Waals surface area contributed by atoms with E-state index < -0.39 is 0 Å². The Morgan fingerprint density at radius 2 is 2.00 bits per heavy atom. The van der Waals surface area contributed by atoms with Crippen LogP contribution in [0.5, 0.6) is 0 Å². The van der Waals surface area contributed by atoms with Crippen molar-refractivity contribution in [3.8, 4) is 0 Å². The fourth-order valence-corrected chi connectivity index (χ4v) is 2.45. The smallest absolute Gasteiger partial charge is 0.129 e. The maximum absolute atomic E-state index is 5.68. The number of hydrogen-bond donors (Lipinski definition) is 1. The van der Waals surface area contributed by atoms with Crippen LogP contribution in [-0.2, 0) is 19.5 Å². The summed E-state index contributed by atoms with van der Waals surface area (Å²) in [5.74, 6) is 1.03. The van der Waals surface area contributed by atoms with E-state index in [1.54, 1.807) is 0 Å². The molecule has 0 spiro atoms. The van der Waals surface area contributed by atoms with Crippen molar-refractivity contribution in [3.05, 3.63) is 59.3 Å². The normalized spacial score (nSPS) is 14.4. The number of benzene rings is 1. The summed E-state index contributed by atoms with van der Waals surface area (Å²) in [7, 11) is 0. The SMILES string of the molecule is NCc1ccnc(N2CCc3ccccc3C2)c1.